The number of para-hydroxylation sites is 1. The number of methoxy groups -OCH3 is 1. The molecule has 3 heterocycles. The highest BCUT2D eigenvalue weighted by Crippen LogP contribution is 2.21. The van der Waals surface area contributed by atoms with Gasteiger partial charge in [0.1, 0.15) is 11.6 Å². The van der Waals surface area contributed by atoms with Gasteiger partial charge in [-0.2, -0.15) is 0 Å². The third-order valence-electron chi connectivity index (χ3n) is 4.84. The molecular formula is C21H21N5O3. The third kappa shape index (κ3) is 3.88. The van der Waals surface area contributed by atoms with Crippen LogP contribution in [0.2, 0.25) is 0 Å². The van der Waals surface area contributed by atoms with E-state index < -0.39 is 6.04 Å². The summed E-state index contributed by atoms with van der Waals surface area (Å²) in [6, 6.07) is 11.7. The molecule has 0 saturated carbocycles. The summed E-state index contributed by atoms with van der Waals surface area (Å²) < 4.78 is 6.90. The molecule has 4 rings (SSSR count). The van der Waals surface area contributed by atoms with Crippen molar-refractivity contribution in [2.45, 2.75) is 12.6 Å². The van der Waals surface area contributed by atoms with Crippen molar-refractivity contribution in [3.05, 3.63) is 76.6 Å². The lowest BCUT2D eigenvalue weighted by molar-refractivity contribution is 0.0931. The van der Waals surface area contributed by atoms with Crippen LogP contribution in [0.4, 0.5) is 0 Å². The van der Waals surface area contributed by atoms with Gasteiger partial charge in [0, 0.05) is 43.7 Å². The summed E-state index contributed by atoms with van der Waals surface area (Å²) in [7, 11) is 1.52. The number of benzene rings is 1. The van der Waals surface area contributed by atoms with Gasteiger partial charge in [0.25, 0.3) is 11.5 Å². The molecular weight excluding hydrogens is 370 g/mol. The minimum absolute atomic E-state index is 0.151. The van der Waals surface area contributed by atoms with Gasteiger partial charge in [-0.15, -0.1) is 0 Å². The van der Waals surface area contributed by atoms with E-state index in [9.17, 15) is 9.59 Å². The van der Waals surface area contributed by atoms with Gasteiger partial charge < -0.3 is 15.4 Å². The second kappa shape index (κ2) is 8.24. The van der Waals surface area contributed by atoms with Gasteiger partial charge in [-0.1, -0.05) is 12.1 Å². The molecule has 0 saturated heterocycles. The lowest BCUT2D eigenvalue weighted by Crippen LogP contribution is -2.37. The van der Waals surface area contributed by atoms with Crippen LogP contribution in [-0.4, -0.2) is 40.6 Å². The summed E-state index contributed by atoms with van der Waals surface area (Å²) in [6.45, 7) is 1.57. The molecule has 148 valence electrons. The topological polar surface area (TPSA) is 98.1 Å². The molecule has 0 spiro atoms. The highest BCUT2D eigenvalue weighted by atomic mass is 16.5. The molecule has 1 aliphatic heterocycles. The van der Waals surface area contributed by atoms with E-state index in [0.717, 1.165) is 5.56 Å². The van der Waals surface area contributed by atoms with Crippen LogP contribution in [0.5, 0.6) is 5.75 Å². The normalized spacial score (nSPS) is 15.8. The second-order valence-corrected chi connectivity index (χ2v) is 6.66. The summed E-state index contributed by atoms with van der Waals surface area (Å²) in [5.41, 5.74) is 1.63. The van der Waals surface area contributed by atoms with Crippen molar-refractivity contribution < 1.29 is 9.53 Å². The lowest BCUT2D eigenvalue weighted by Gasteiger charge is -2.20. The zero-order valence-corrected chi connectivity index (χ0v) is 16.0. The van der Waals surface area contributed by atoms with E-state index in [1.807, 2.05) is 0 Å². The van der Waals surface area contributed by atoms with Crippen LogP contribution in [0.15, 0.2) is 59.7 Å². The predicted molar refractivity (Wildman–Crippen MR) is 108 cm³/mol. The van der Waals surface area contributed by atoms with E-state index in [2.05, 4.69) is 15.6 Å². The Kier molecular flexibility index (Phi) is 5.35. The zero-order valence-electron chi connectivity index (χ0n) is 16.0. The van der Waals surface area contributed by atoms with E-state index in [1.165, 1.54) is 13.2 Å². The molecule has 1 unspecified atom stereocenters. The Hall–Kier alpha value is -3.52. The smallest absolute Gasteiger partial charge is 0.255 e. The average Bonchev–Trinajstić information content (AvgIpc) is 2.97. The second-order valence-electron chi connectivity index (χ2n) is 6.66. The first-order valence-electron chi connectivity index (χ1n) is 9.34. The highest BCUT2D eigenvalue weighted by molar-refractivity contribution is 5.97. The number of rotatable bonds is 4. The minimum atomic E-state index is -0.468. The van der Waals surface area contributed by atoms with Crippen molar-refractivity contribution in [2.75, 3.05) is 20.2 Å². The molecule has 1 atom stereocenters. The molecule has 2 aromatic heterocycles. The first-order valence-corrected chi connectivity index (χ1v) is 9.34. The number of pyridine rings is 1. The standard InChI is InChI=1S/C21H21N5O3/c1-29-18-5-3-2-4-15(18)21(28)25-17-13-23-10-11-26-19(27)12-16(24-20(17)26)14-6-8-22-9-7-14/h2-9,12,17,23H,10-11,13H2,1H3,(H,25,28). The molecule has 8 heteroatoms. The van der Waals surface area contributed by atoms with Crippen LogP contribution in [-0.2, 0) is 6.54 Å². The number of carbonyl (C=O) groups is 1. The molecule has 1 aromatic carbocycles. The first-order chi connectivity index (χ1) is 14.2. The number of nitrogens with one attached hydrogen (secondary N) is 2. The molecule has 29 heavy (non-hydrogen) atoms. The van der Waals surface area contributed by atoms with Gasteiger partial charge in [-0.25, -0.2) is 4.98 Å². The molecule has 1 amide bonds. The molecule has 8 nitrogen and oxygen atoms in total. The van der Waals surface area contributed by atoms with Gasteiger partial charge in [0.15, 0.2) is 0 Å². The molecule has 0 radical (unpaired) electrons. The van der Waals surface area contributed by atoms with Crippen molar-refractivity contribution in [3.8, 4) is 17.0 Å². The molecule has 1 aliphatic rings. The summed E-state index contributed by atoms with van der Waals surface area (Å²) in [5.74, 6) is 0.728. The number of amides is 1. The van der Waals surface area contributed by atoms with Crippen LogP contribution < -0.4 is 20.9 Å². The van der Waals surface area contributed by atoms with E-state index in [4.69, 9.17) is 9.72 Å². The number of aromatic nitrogens is 3. The number of hydrogen-bond donors (Lipinski definition) is 2. The van der Waals surface area contributed by atoms with Crippen molar-refractivity contribution in [1.82, 2.24) is 25.2 Å². The van der Waals surface area contributed by atoms with Crippen LogP contribution in [0, 0.1) is 0 Å². The SMILES string of the molecule is COc1ccccc1C(=O)NC1CNCCn2c1nc(-c1ccncc1)cc2=O. The fraction of sp³-hybridized carbons (Fsp3) is 0.238. The monoisotopic (exact) mass is 391 g/mol. The largest absolute Gasteiger partial charge is 0.496 e. The summed E-state index contributed by atoms with van der Waals surface area (Å²) >= 11 is 0. The molecule has 2 N–H and O–H groups in total. The van der Waals surface area contributed by atoms with Crippen LogP contribution in [0.25, 0.3) is 11.3 Å². The minimum Gasteiger partial charge on any atom is -0.496 e. The van der Waals surface area contributed by atoms with Crippen molar-refractivity contribution in [3.63, 3.8) is 0 Å². The Labute approximate surface area is 167 Å². The van der Waals surface area contributed by atoms with Crippen LogP contribution in [0.3, 0.4) is 0 Å². The fourth-order valence-corrected chi connectivity index (χ4v) is 3.40. The number of fused-ring (bicyclic) bond motifs is 1. The molecule has 0 bridgehead atoms. The van der Waals surface area contributed by atoms with Crippen LogP contribution in [0.1, 0.15) is 22.2 Å². The molecule has 0 fully saturated rings. The van der Waals surface area contributed by atoms with Crippen molar-refractivity contribution >= 4 is 5.91 Å². The Balaban J connectivity index is 1.72. The van der Waals surface area contributed by atoms with E-state index in [-0.39, 0.29) is 11.5 Å². The summed E-state index contributed by atoms with van der Waals surface area (Å²) in [6.07, 6.45) is 3.31. The van der Waals surface area contributed by atoms with Gasteiger partial charge in [-0.05, 0) is 24.3 Å². The first kappa shape index (κ1) is 18.8. The van der Waals surface area contributed by atoms with Gasteiger partial charge in [0.2, 0.25) is 0 Å². The summed E-state index contributed by atoms with van der Waals surface area (Å²) in [5, 5.41) is 6.26. The van der Waals surface area contributed by atoms with Gasteiger partial charge >= 0.3 is 0 Å². The van der Waals surface area contributed by atoms with Crippen LogP contribution >= 0.6 is 0 Å². The Morgan fingerprint density at radius 2 is 2.03 bits per heavy atom. The number of ether oxygens (including phenoxy) is 1. The van der Waals surface area contributed by atoms with Crippen molar-refractivity contribution in [2.24, 2.45) is 0 Å². The van der Waals surface area contributed by atoms with Gasteiger partial charge in [0.05, 0.1) is 24.4 Å². The number of hydrogen-bond acceptors (Lipinski definition) is 6. The number of nitrogens with zero attached hydrogens (tertiary/aromatic N) is 3. The Morgan fingerprint density at radius 1 is 1.24 bits per heavy atom. The van der Waals surface area contributed by atoms with Crippen molar-refractivity contribution in [1.29, 1.82) is 0 Å². The Bertz CT molecular complexity index is 1080. The quantitative estimate of drug-likeness (QED) is 0.697. The molecule has 3 aromatic rings. The van der Waals surface area contributed by atoms with Gasteiger partial charge in [-0.3, -0.25) is 19.1 Å². The Morgan fingerprint density at radius 3 is 2.83 bits per heavy atom. The average molecular weight is 391 g/mol. The molecule has 0 aliphatic carbocycles. The van der Waals surface area contributed by atoms with E-state index in [0.29, 0.717) is 42.5 Å². The maximum absolute atomic E-state index is 12.9. The van der Waals surface area contributed by atoms with E-state index >= 15 is 0 Å². The fourth-order valence-electron chi connectivity index (χ4n) is 3.40. The maximum atomic E-state index is 12.9. The summed E-state index contributed by atoms with van der Waals surface area (Å²) in [4.78, 5) is 34.4. The predicted octanol–water partition coefficient (Wildman–Crippen LogP) is 1.39. The highest BCUT2D eigenvalue weighted by Gasteiger charge is 2.25. The number of carbonyl (C=O) groups excluding carboxylic acids is 1. The lowest BCUT2D eigenvalue weighted by atomic mass is 10.1. The van der Waals surface area contributed by atoms with E-state index in [1.54, 1.807) is 53.4 Å². The maximum Gasteiger partial charge on any atom is 0.255 e. The third-order valence-corrected chi connectivity index (χ3v) is 4.84. The zero-order chi connectivity index (χ0) is 20.2.